The lowest BCUT2D eigenvalue weighted by atomic mass is 10.0. The highest BCUT2D eigenvalue weighted by Gasteiger charge is 2.20. The number of aryl methyl sites for hydroxylation is 1. The molecule has 2 heteroatoms. The van der Waals surface area contributed by atoms with Crippen LogP contribution >= 0.6 is 0 Å². The molecule has 0 aliphatic heterocycles. The fourth-order valence-corrected chi connectivity index (χ4v) is 2.63. The summed E-state index contributed by atoms with van der Waals surface area (Å²) in [4.78, 5) is 0. The van der Waals surface area contributed by atoms with Gasteiger partial charge in [-0.1, -0.05) is 50.8 Å². The van der Waals surface area contributed by atoms with Gasteiger partial charge in [-0.25, -0.2) is 0 Å². The van der Waals surface area contributed by atoms with Crippen LogP contribution in [0.1, 0.15) is 63.5 Å². The zero-order chi connectivity index (χ0) is 15.1. The Kier molecular flexibility index (Phi) is 6.56. The zero-order valence-corrected chi connectivity index (χ0v) is 14.0. The first-order valence-electron chi connectivity index (χ1n) is 8.68. The van der Waals surface area contributed by atoms with Gasteiger partial charge in [0.25, 0.3) is 0 Å². The molecule has 1 unspecified atom stereocenters. The van der Waals surface area contributed by atoms with Crippen LogP contribution in [0.15, 0.2) is 18.2 Å². The molecule has 1 aromatic rings. The molecule has 21 heavy (non-hydrogen) atoms. The van der Waals surface area contributed by atoms with Crippen molar-refractivity contribution in [3.63, 3.8) is 0 Å². The van der Waals surface area contributed by atoms with Gasteiger partial charge in [-0.3, -0.25) is 0 Å². The summed E-state index contributed by atoms with van der Waals surface area (Å²) >= 11 is 0. The number of hydrogen-bond acceptors (Lipinski definition) is 2. The number of ether oxygens (including phenoxy) is 1. The molecule has 0 amide bonds. The van der Waals surface area contributed by atoms with Crippen LogP contribution in [0.3, 0.4) is 0 Å². The zero-order valence-electron chi connectivity index (χ0n) is 14.0. The van der Waals surface area contributed by atoms with Crippen molar-refractivity contribution in [3.8, 4) is 5.75 Å². The molecule has 1 aliphatic carbocycles. The van der Waals surface area contributed by atoms with E-state index in [4.69, 9.17) is 4.74 Å². The van der Waals surface area contributed by atoms with Crippen molar-refractivity contribution < 1.29 is 4.74 Å². The minimum Gasteiger partial charge on any atom is -0.493 e. The average Bonchev–Trinajstić information content (AvgIpc) is 3.31. The minimum atomic E-state index is 0.690. The molecule has 1 atom stereocenters. The second-order valence-corrected chi connectivity index (χ2v) is 6.49. The Labute approximate surface area is 130 Å². The number of rotatable bonds is 10. The molecule has 1 N–H and O–H groups in total. The van der Waals surface area contributed by atoms with E-state index in [-0.39, 0.29) is 0 Å². The lowest BCUT2D eigenvalue weighted by molar-refractivity contribution is 0.231. The first-order valence-corrected chi connectivity index (χ1v) is 8.68. The molecule has 2 nitrogen and oxygen atoms in total. The van der Waals surface area contributed by atoms with Crippen LogP contribution in [-0.2, 0) is 6.54 Å². The van der Waals surface area contributed by atoms with Gasteiger partial charge in [0.2, 0.25) is 0 Å². The van der Waals surface area contributed by atoms with Crippen LogP contribution in [-0.4, -0.2) is 12.6 Å². The molecule has 0 heterocycles. The highest BCUT2D eigenvalue weighted by Crippen LogP contribution is 2.25. The topological polar surface area (TPSA) is 21.3 Å². The molecule has 0 radical (unpaired) electrons. The Balaban J connectivity index is 1.90. The monoisotopic (exact) mass is 289 g/mol. The molecule has 0 aromatic heterocycles. The maximum atomic E-state index is 6.15. The summed E-state index contributed by atoms with van der Waals surface area (Å²) in [5.41, 5.74) is 2.63. The van der Waals surface area contributed by atoms with Crippen LogP contribution in [0.2, 0.25) is 0 Å². The Morgan fingerprint density at radius 3 is 2.76 bits per heavy atom. The van der Waals surface area contributed by atoms with Crippen LogP contribution in [0.5, 0.6) is 5.75 Å². The highest BCUT2D eigenvalue weighted by atomic mass is 16.5. The van der Waals surface area contributed by atoms with Gasteiger partial charge in [-0.05, 0) is 38.2 Å². The molecule has 0 saturated heterocycles. The largest absolute Gasteiger partial charge is 0.493 e. The van der Waals surface area contributed by atoms with E-state index in [1.54, 1.807) is 0 Å². The van der Waals surface area contributed by atoms with E-state index in [9.17, 15) is 0 Å². The molecule has 118 valence electrons. The van der Waals surface area contributed by atoms with Crippen molar-refractivity contribution in [3.05, 3.63) is 29.3 Å². The van der Waals surface area contributed by atoms with E-state index in [0.717, 1.165) is 24.9 Å². The van der Waals surface area contributed by atoms with E-state index < -0.39 is 0 Å². The van der Waals surface area contributed by atoms with E-state index in [1.165, 1.54) is 49.7 Å². The second-order valence-electron chi connectivity index (χ2n) is 6.49. The van der Waals surface area contributed by atoms with E-state index >= 15 is 0 Å². The van der Waals surface area contributed by atoms with Crippen LogP contribution < -0.4 is 10.1 Å². The summed E-state index contributed by atoms with van der Waals surface area (Å²) < 4.78 is 6.15. The summed E-state index contributed by atoms with van der Waals surface area (Å²) in [7, 11) is 0. The van der Waals surface area contributed by atoms with Crippen molar-refractivity contribution in [2.24, 2.45) is 5.92 Å². The summed E-state index contributed by atoms with van der Waals surface area (Å²) in [6.07, 6.45) is 7.74. The number of nitrogens with one attached hydrogen (secondary N) is 1. The van der Waals surface area contributed by atoms with Gasteiger partial charge in [0, 0.05) is 18.2 Å². The Bertz CT molecular complexity index is 426. The molecule has 2 rings (SSSR count). The third kappa shape index (κ3) is 5.70. The van der Waals surface area contributed by atoms with Crippen molar-refractivity contribution >= 4 is 0 Å². The molecule has 1 aromatic carbocycles. The fourth-order valence-electron chi connectivity index (χ4n) is 2.63. The first kappa shape index (κ1) is 16.4. The lowest BCUT2D eigenvalue weighted by Gasteiger charge is -2.18. The Hall–Kier alpha value is -1.02. The normalized spacial score (nSPS) is 16.0. The van der Waals surface area contributed by atoms with Crippen molar-refractivity contribution in [1.82, 2.24) is 5.32 Å². The summed E-state index contributed by atoms with van der Waals surface area (Å²) in [5, 5.41) is 3.60. The number of unbranched alkanes of at least 4 members (excludes halogenated alkanes) is 1. The number of benzene rings is 1. The quantitative estimate of drug-likeness (QED) is 0.665. The van der Waals surface area contributed by atoms with E-state index in [0.29, 0.717) is 5.92 Å². The molecular formula is C19H31NO. The smallest absolute Gasteiger partial charge is 0.123 e. The maximum Gasteiger partial charge on any atom is 0.123 e. The van der Waals surface area contributed by atoms with Crippen LogP contribution in [0.4, 0.5) is 0 Å². The second kappa shape index (κ2) is 8.43. The third-order valence-corrected chi connectivity index (χ3v) is 4.39. The van der Waals surface area contributed by atoms with Gasteiger partial charge in [-0.2, -0.15) is 0 Å². The van der Waals surface area contributed by atoms with Crippen molar-refractivity contribution in [2.45, 2.75) is 71.9 Å². The Morgan fingerprint density at radius 2 is 2.10 bits per heavy atom. The minimum absolute atomic E-state index is 0.690. The summed E-state index contributed by atoms with van der Waals surface area (Å²) in [5.74, 6) is 1.76. The average molecular weight is 289 g/mol. The predicted octanol–water partition coefficient (Wildman–Crippen LogP) is 4.84. The van der Waals surface area contributed by atoms with Gasteiger partial charge in [0.05, 0.1) is 6.61 Å². The van der Waals surface area contributed by atoms with Gasteiger partial charge < -0.3 is 10.1 Å². The van der Waals surface area contributed by atoms with E-state index in [2.05, 4.69) is 44.3 Å². The molecule has 0 bridgehead atoms. The molecule has 1 saturated carbocycles. The summed E-state index contributed by atoms with van der Waals surface area (Å²) in [6, 6.07) is 7.30. The molecule has 1 fully saturated rings. The molecular weight excluding hydrogens is 258 g/mol. The number of hydrogen-bond donors (Lipinski definition) is 1. The molecule has 0 spiro atoms. The highest BCUT2D eigenvalue weighted by molar-refractivity contribution is 5.37. The SMILES string of the molecule is CCCCC(CC)COc1ccc(C)cc1CNC1CC1. The van der Waals surface area contributed by atoms with Gasteiger partial charge >= 0.3 is 0 Å². The summed E-state index contributed by atoms with van der Waals surface area (Å²) in [6.45, 7) is 8.48. The van der Waals surface area contributed by atoms with Crippen molar-refractivity contribution in [2.75, 3.05) is 6.61 Å². The maximum absolute atomic E-state index is 6.15. The van der Waals surface area contributed by atoms with Gasteiger partial charge in [0.15, 0.2) is 0 Å². The molecule has 1 aliphatic rings. The Morgan fingerprint density at radius 1 is 1.29 bits per heavy atom. The fraction of sp³-hybridized carbons (Fsp3) is 0.684. The van der Waals surface area contributed by atoms with Crippen LogP contribution in [0.25, 0.3) is 0 Å². The van der Waals surface area contributed by atoms with Crippen molar-refractivity contribution in [1.29, 1.82) is 0 Å². The predicted molar refractivity (Wildman–Crippen MR) is 89.8 cm³/mol. The van der Waals surface area contributed by atoms with Gasteiger partial charge in [-0.15, -0.1) is 0 Å². The van der Waals surface area contributed by atoms with Crippen LogP contribution in [0, 0.1) is 12.8 Å². The third-order valence-electron chi connectivity index (χ3n) is 4.39. The lowest BCUT2D eigenvalue weighted by Crippen LogP contribution is -2.17. The van der Waals surface area contributed by atoms with E-state index in [1.807, 2.05) is 0 Å². The first-order chi connectivity index (χ1) is 10.2. The van der Waals surface area contributed by atoms with Gasteiger partial charge in [0.1, 0.15) is 5.75 Å². The standard InChI is InChI=1S/C19H31NO/c1-4-6-7-16(5-2)14-21-19-11-8-15(3)12-17(19)13-20-18-9-10-18/h8,11-12,16,18,20H,4-7,9-10,13-14H2,1-3H3.